The van der Waals surface area contributed by atoms with E-state index < -0.39 is 29.4 Å². The first-order valence-electron chi connectivity index (χ1n) is 5.76. The van der Waals surface area contributed by atoms with Gasteiger partial charge in [0.1, 0.15) is 0 Å². The molecular weight excluding hydrogens is 224 g/mol. The molecule has 6 heteroatoms. The van der Waals surface area contributed by atoms with Crippen molar-refractivity contribution in [3.63, 3.8) is 0 Å². The molecule has 0 aliphatic rings. The van der Waals surface area contributed by atoms with Crippen LogP contribution in [-0.2, 0) is 9.59 Å². The Balaban J connectivity index is 4.86. The molecule has 5 N–H and O–H groups in total. The summed E-state index contributed by atoms with van der Waals surface area (Å²) < 4.78 is 0. The molecule has 0 aromatic carbocycles. The highest BCUT2D eigenvalue weighted by Crippen LogP contribution is 2.25. The van der Waals surface area contributed by atoms with Gasteiger partial charge >= 0.3 is 5.97 Å². The molecule has 0 fully saturated rings. The van der Waals surface area contributed by atoms with Crippen LogP contribution in [0.1, 0.15) is 33.6 Å². The summed E-state index contributed by atoms with van der Waals surface area (Å²) in [5.74, 6) is -1.68. The number of nitrogens with one attached hydrogen (secondary N) is 1. The summed E-state index contributed by atoms with van der Waals surface area (Å²) >= 11 is 0. The van der Waals surface area contributed by atoms with Crippen molar-refractivity contribution in [1.29, 1.82) is 0 Å². The minimum Gasteiger partial charge on any atom is -0.480 e. The van der Waals surface area contributed by atoms with Crippen LogP contribution < -0.4 is 11.1 Å². The van der Waals surface area contributed by atoms with Crippen LogP contribution in [0.4, 0.5) is 0 Å². The lowest BCUT2D eigenvalue weighted by molar-refractivity contribution is -0.147. The maximum atomic E-state index is 12.0. The topological polar surface area (TPSA) is 113 Å². The Morgan fingerprint density at radius 1 is 1.35 bits per heavy atom. The van der Waals surface area contributed by atoms with E-state index in [0.717, 1.165) is 0 Å². The van der Waals surface area contributed by atoms with Gasteiger partial charge in [-0.1, -0.05) is 13.8 Å². The van der Waals surface area contributed by atoms with Crippen molar-refractivity contribution in [2.45, 2.75) is 45.8 Å². The number of nitrogens with two attached hydrogens (primary N) is 1. The van der Waals surface area contributed by atoms with Gasteiger partial charge in [0.15, 0.2) is 6.04 Å². The molecule has 1 amide bonds. The van der Waals surface area contributed by atoms with Gasteiger partial charge in [0, 0.05) is 6.54 Å². The third kappa shape index (κ3) is 3.67. The third-order valence-electron chi connectivity index (χ3n) is 3.26. The van der Waals surface area contributed by atoms with Gasteiger partial charge in [0.05, 0.1) is 11.5 Å². The molecule has 0 rings (SSSR count). The summed E-state index contributed by atoms with van der Waals surface area (Å²) in [5, 5.41) is 20.5. The highest BCUT2D eigenvalue weighted by Gasteiger charge is 2.36. The number of amides is 1. The van der Waals surface area contributed by atoms with Crippen LogP contribution >= 0.6 is 0 Å². The van der Waals surface area contributed by atoms with E-state index in [1.165, 1.54) is 6.92 Å². The first kappa shape index (κ1) is 15.9. The van der Waals surface area contributed by atoms with Crippen molar-refractivity contribution in [2.75, 3.05) is 6.54 Å². The van der Waals surface area contributed by atoms with Gasteiger partial charge in [0.25, 0.3) is 0 Å². The quantitative estimate of drug-likeness (QED) is 0.492. The van der Waals surface area contributed by atoms with Crippen LogP contribution in [0.3, 0.4) is 0 Å². The number of aliphatic carboxylic acids is 1. The summed E-state index contributed by atoms with van der Waals surface area (Å²) in [6.07, 6.45) is -0.101. The standard InChI is InChI=1S/C11H22N2O4/c1-4-11(5-2,6-12)10(17)13-8(7(3)14)9(15)16/h7-8,14H,4-6,12H2,1-3H3,(H,13,17)(H,15,16)/t7-,8+/m1/s1. The van der Waals surface area contributed by atoms with Crippen LogP contribution in [0, 0.1) is 5.41 Å². The average molecular weight is 246 g/mol. The van der Waals surface area contributed by atoms with Crippen molar-refractivity contribution in [3.8, 4) is 0 Å². The van der Waals surface area contributed by atoms with Gasteiger partial charge in [-0.2, -0.15) is 0 Å². The van der Waals surface area contributed by atoms with Gasteiger partial charge in [-0.25, -0.2) is 4.79 Å². The monoisotopic (exact) mass is 246 g/mol. The van der Waals surface area contributed by atoms with Gasteiger partial charge in [-0.05, 0) is 19.8 Å². The molecular formula is C11H22N2O4. The fraction of sp³-hybridized carbons (Fsp3) is 0.818. The van der Waals surface area contributed by atoms with Gasteiger partial charge in [0.2, 0.25) is 5.91 Å². The molecule has 0 bridgehead atoms. The minimum absolute atomic E-state index is 0.151. The van der Waals surface area contributed by atoms with E-state index >= 15 is 0 Å². The zero-order valence-corrected chi connectivity index (χ0v) is 10.6. The second-order valence-corrected chi connectivity index (χ2v) is 4.22. The Kier molecular flexibility index (Phi) is 6.12. The molecule has 0 spiro atoms. The van der Waals surface area contributed by atoms with E-state index in [9.17, 15) is 14.7 Å². The van der Waals surface area contributed by atoms with Crippen molar-refractivity contribution >= 4 is 11.9 Å². The van der Waals surface area contributed by atoms with Gasteiger partial charge in [-0.3, -0.25) is 4.79 Å². The Morgan fingerprint density at radius 2 is 1.82 bits per heavy atom. The summed E-state index contributed by atoms with van der Waals surface area (Å²) in [6.45, 7) is 5.13. The molecule has 0 radical (unpaired) electrons. The molecule has 0 aromatic rings. The second kappa shape index (κ2) is 6.56. The van der Waals surface area contributed by atoms with Crippen LogP contribution in [-0.4, -0.2) is 40.8 Å². The first-order chi connectivity index (χ1) is 7.84. The Morgan fingerprint density at radius 3 is 2.06 bits per heavy atom. The second-order valence-electron chi connectivity index (χ2n) is 4.22. The molecule has 0 aliphatic heterocycles. The van der Waals surface area contributed by atoms with E-state index in [2.05, 4.69) is 5.32 Å². The molecule has 0 heterocycles. The Hall–Kier alpha value is -1.14. The lowest BCUT2D eigenvalue weighted by Gasteiger charge is -2.30. The number of aliphatic hydroxyl groups is 1. The van der Waals surface area contributed by atoms with Crippen LogP contribution in [0.15, 0.2) is 0 Å². The fourth-order valence-corrected chi connectivity index (χ4v) is 1.64. The maximum absolute atomic E-state index is 12.0. The summed E-state index contributed by atoms with van der Waals surface area (Å²) in [6, 6.07) is -1.30. The van der Waals surface area contributed by atoms with E-state index in [1.807, 2.05) is 13.8 Å². The summed E-state index contributed by atoms with van der Waals surface area (Å²) in [5.41, 5.74) is 4.83. The molecule has 2 atom stereocenters. The maximum Gasteiger partial charge on any atom is 0.328 e. The highest BCUT2D eigenvalue weighted by molar-refractivity contribution is 5.87. The zero-order chi connectivity index (χ0) is 13.6. The number of hydrogen-bond acceptors (Lipinski definition) is 4. The number of carbonyl (C=O) groups is 2. The molecule has 0 aromatic heterocycles. The molecule has 0 unspecified atom stereocenters. The number of rotatable bonds is 7. The normalized spacial score (nSPS) is 15.1. The van der Waals surface area contributed by atoms with E-state index in [1.54, 1.807) is 0 Å². The third-order valence-corrected chi connectivity index (χ3v) is 3.26. The van der Waals surface area contributed by atoms with Gasteiger partial charge < -0.3 is 21.3 Å². The summed E-state index contributed by atoms with van der Waals surface area (Å²) in [7, 11) is 0. The Labute approximate surface area is 101 Å². The van der Waals surface area contributed by atoms with Crippen molar-refractivity contribution in [2.24, 2.45) is 11.1 Å². The molecule has 0 saturated heterocycles. The zero-order valence-electron chi connectivity index (χ0n) is 10.6. The van der Waals surface area contributed by atoms with Crippen molar-refractivity contribution < 1.29 is 19.8 Å². The largest absolute Gasteiger partial charge is 0.480 e. The molecule has 0 aliphatic carbocycles. The molecule has 17 heavy (non-hydrogen) atoms. The number of carboxylic acid groups (broad SMARTS) is 1. The van der Waals surface area contributed by atoms with E-state index in [0.29, 0.717) is 12.8 Å². The van der Waals surface area contributed by atoms with Crippen molar-refractivity contribution in [3.05, 3.63) is 0 Å². The average Bonchev–Trinajstić information content (AvgIpc) is 2.28. The number of carbonyl (C=O) groups excluding carboxylic acids is 1. The van der Waals surface area contributed by atoms with Gasteiger partial charge in [-0.15, -0.1) is 0 Å². The lowest BCUT2D eigenvalue weighted by Crippen LogP contribution is -2.54. The summed E-state index contributed by atoms with van der Waals surface area (Å²) in [4.78, 5) is 22.9. The SMILES string of the molecule is CCC(CC)(CN)C(=O)N[C@H](C(=O)O)[C@@H](C)O. The van der Waals surface area contributed by atoms with Crippen LogP contribution in [0.25, 0.3) is 0 Å². The Bertz CT molecular complexity index is 266. The molecule has 100 valence electrons. The van der Waals surface area contributed by atoms with Crippen LogP contribution in [0.2, 0.25) is 0 Å². The lowest BCUT2D eigenvalue weighted by atomic mass is 9.81. The van der Waals surface area contributed by atoms with E-state index in [-0.39, 0.29) is 6.54 Å². The highest BCUT2D eigenvalue weighted by atomic mass is 16.4. The van der Waals surface area contributed by atoms with Crippen LogP contribution in [0.5, 0.6) is 0 Å². The van der Waals surface area contributed by atoms with E-state index in [4.69, 9.17) is 10.8 Å². The smallest absolute Gasteiger partial charge is 0.328 e. The number of aliphatic hydroxyl groups excluding tert-OH is 1. The molecule has 6 nitrogen and oxygen atoms in total. The predicted molar refractivity (Wildman–Crippen MR) is 63.3 cm³/mol. The van der Waals surface area contributed by atoms with Crippen molar-refractivity contribution in [1.82, 2.24) is 5.32 Å². The number of hydrogen-bond donors (Lipinski definition) is 4. The molecule has 0 saturated carbocycles. The first-order valence-corrected chi connectivity index (χ1v) is 5.76. The fourth-order valence-electron chi connectivity index (χ4n) is 1.64. The number of carboxylic acids is 1. The minimum atomic E-state index is -1.30. The predicted octanol–water partition coefficient (Wildman–Crippen LogP) is -0.298.